The summed E-state index contributed by atoms with van der Waals surface area (Å²) in [5, 5.41) is 3.73. The van der Waals surface area contributed by atoms with Gasteiger partial charge in [0.15, 0.2) is 5.15 Å². The quantitative estimate of drug-likeness (QED) is 0.841. The van der Waals surface area contributed by atoms with Gasteiger partial charge >= 0.3 is 0 Å². The first-order valence-corrected chi connectivity index (χ1v) is 5.48. The molecule has 0 spiro atoms. The van der Waals surface area contributed by atoms with Gasteiger partial charge in [-0.3, -0.25) is 4.98 Å². The molecule has 1 atom stereocenters. The van der Waals surface area contributed by atoms with Crippen LogP contribution in [0.4, 0.5) is 0 Å². The average molecular weight is 228 g/mol. The first-order chi connectivity index (χ1) is 7.36. The molecule has 1 aliphatic heterocycles. The van der Waals surface area contributed by atoms with E-state index in [9.17, 15) is 0 Å². The second-order valence-corrected chi connectivity index (χ2v) is 4.03. The highest BCUT2D eigenvalue weighted by Gasteiger charge is 2.14. The van der Waals surface area contributed by atoms with Crippen LogP contribution in [0.5, 0.6) is 0 Å². The summed E-state index contributed by atoms with van der Waals surface area (Å²) in [5.41, 5.74) is 0.713. The Morgan fingerprint density at radius 2 is 2.33 bits per heavy atom. The molecule has 15 heavy (non-hydrogen) atoms. The molecule has 5 heteroatoms. The van der Waals surface area contributed by atoms with Crippen molar-refractivity contribution in [2.45, 2.75) is 13.0 Å². The number of rotatable bonds is 4. The Labute approximate surface area is 94.0 Å². The van der Waals surface area contributed by atoms with E-state index in [2.05, 4.69) is 15.3 Å². The zero-order valence-corrected chi connectivity index (χ0v) is 9.20. The zero-order chi connectivity index (χ0) is 10.5. The summed E-state index contributed by atoms with van der Waals surface area (Å²) in [6, 6.07) is 0. The Morgan fingerprint density at radius 3 is 3.07 bits per heavy atom. The summed E-state index contributed by atoms with van der Waals surface area (Å²) in [7, 11) is 0. The fourth-order valence-electron chi connectivity index (χ4n) is 1.63. The van der Waals surface area contributed by atoms with E-state index >= 15 is 0 Å². The molecule has 1 fully saturated rings. The third-order valence-electron chi connectivity index (χ3n) is 2.48. The van der Waals surface area contributed by atoms with Crippen molar-refractivity contribution >= 4 is 11.6 Å². The molecule has 1 unspecified atom stereocenters. The number of nitrogens with one attached hydrogen (secondary N) is 1. The topological polar surface area (TPSA) is 47.0 Å². The fourth-order valence-corrected chi connectivity index (χ4v) is 1.79. The molecule has 0 aliphatic carbocycles. The van der Waals surface area contributed by atoms with Crippen LogP contribution in [-0.2, 0) is 11.3 Å². The van der Waals surface area contributed by atoms with Crippen molar-refractivity contribution < 1.29 is 4.74 Å². The maximum absolute atomic E-state index is 5.85. The van der Waals surface area contributed by atoms with Crippen molar-refractivity contribution in [1.29, 1.82) is 0 Å². The minimum atomic E-state index is 0.432. The molecule has 1 aliphatic rings. The van der Waals surface area contributed by atoms with Crippen molar-refractivity contribution in [2.24, 2.45) is 5.92 Å². The maximum atomic E-state index is 5.85. The second-order valence-electron chi connectivity index (χ2n) is 3.67. The highest BCUT2D eigenvalue weighted by Crippen LogP contribution is 2.12. The molecule has 1 aromatic heterocycles. The largest absolute Gasteiger partial charge is 0.375 e. The lowest BCUT2D eigenvalue weighted by Crippen LogP contribution is -2.14. The summed E-state index contributed by atoms with van der Waals surface area (Å²) >= 11 is 5.85. The van der Waals surface area contributed by atoms with E-state index in [1.807, 2.05) is 0 Å². The number of hydrogen-bond acceptors (Lipinski definition) is 4. The Morgan fingerprint density at radius 1 is 1.47 bits per heavy atom. The molecule has 0 saturated carbocycles. The van der Waals surface area contributed by atoms with Gasteiger partial charge < -0.3 is 10.1 Å². The van der Waals surface area contributed by atoms with E-state index in [1.54, 1.807) is 12.4 Å². The van der Waals surface area contributed by atoms with Crippen LogP contribution < -0.4 is 5.32 Å². The summed E-state index contributed by atoms with van der Waals surface area (Å²) in [6.07, 6.45) is 4.39. The molecule has 82 valence electrons. The number of ether oxygens (including phenoxy) is 1. The van der Waals surface area contributed by atoms with Crippen molar-refractivity contribution in [3.63, 3.8) is 0 Å². The number of aromatic nitrogens is 2. The monoisotopic (exact) mass is 227 g/mol. The van der Waals surface area contributed by atoms with Crippen LogP contribution in [-0.4, -0.2) is 29.7 Å². The molecule has 2 heterocycles. The van der Waals surface area contributed by atoms with E-state index < -0.39 is 0 Å². The molecule has 4 nitrogen and oxygen atoms in total. The van der Waals surface area contributed by atoms with Gasteiger partial charge in [-0.15, -0.1) is 0 Å². The summed E-state index contributed by atoms with van der Waals surface area (Å²) in [6.45, 7) is 3.36. The molecule has 1 N–H and O–H groups in total. The summed E-state index contributed by atoms with van der Waals surface area (Å²) < 4.78 is 5.56. The smallest absolute Gasteiger partial charge is 0.152 e. The highest BCUT2D eigenvalue weighted by molar-refractivity contribution is 6.29. The molecule has 0 radical (unpaired) electrons. The minimum absolute atomic E-state index is 0.432. The fraction of sp³-hybridized carbons (Fsp3) is 0.600. The van der Waals surface area contributed by atoms with Gasteiger partial charge in [0.1, 0.15) is 5.69 Å². The van der Waals surface area contributed by atoms with Crippen molar-refractivity contribution in [2.75, 3.05) is 19.7 Å². The molecule has 2 rings (SSSR count). The maximum Gasteiger partial charge on any atom is 0.152 e. The van der Waals surface area contributed by atoms with Gasteiger partial charge in [0.2, 0.25) is 0 Å². The number of hydrogen-bond donors (Lipinski definition) is 1. The highest BCUT2D eigenvalue weighted by atomic mass is 35.5. The van der Waals surface area contributed by atoms with Crippen LogP contribution in [0.3, 0.4) is 0 Å². The second kappa shape index (κ2) is 5.39. The van der Waals surface area contributed by atoms with Crippen LogP contribution in [0.15, 0.2) is 12.4 Å². The molecule has 0 aromatic carbocycles. The van der Waals surface area contributed by atoms with Crippen molar-refractivity contribution in [3.05, 3.63) is 23.2 Å². The normalized spacial score (nSPS) is 20.7. The lowest BCUT2D eigenvalue weighted by Gasteiger charge is -2.09. The van der Waals surface area contributed by atoms with Gasteiger partial charge in [0.25, 0.3) is 0 Å². The van der Waals surface area contributed by atoms with Gasteiger partial charge in [-0.1, -0.05) is 11.6 Å². The standard InChI is InChI=1S/C10H14ClN3O/c11-10-9(13-3-4-14-10)7-15-6-8-1-2-12-5-8/h3-4,8,12H,1-2,5-7H2. The van der Waals surface area contributed by atoms with Gasteiger partial charge in [0, 0.05) is 18.9 Å². The Kier molecular flexibility index (Phi) is 3.88. The minimum Gasteiger partial charge on any atom is -0.375 e. The third kappa shape index (κ3) is 3.12. The van der Waals surface area contributed by atoms with Crippen LogP contribution in [0.25, 0.3) is 0 Å². The van der Waals surface area contributed by atoms with Gasteiger partial charge in [-0.25, -0.2) is 4.98 Å². The summed E-state index contributed by atoms with van der Waals surface area (Å²) in [4.78, 5) is 8.05. The average Bonchev–Trinajstić information content (AvgIpc) is 2.74. The first kappa shape index (κ1) is 10.8. The molecular weight excluding hydrogens is 214 g/mol. The van der Waals surface area contributed by atoms with E-state index in [4.69, 9.17) is 16.3 Å². The summed E-state index contributed by atoms with van der Waals surface area (Å²) in [5.74, 6) is 0.625. The molecule has 0 bridgehead atoms. The van der Waals surface area contributed by atoms with E-state index in [0.29, 0.717) is 23.4 Å². The Hall–Kier alpha value is -0.710. The van der Waals surface area contributed by atoms with Crippen molar-refractivity contribution in [1.82, 2.24) is 15.3 Å². The molecule has 1 saturated heterocycles. The van der Waals surface area contributed by atoms with Gasteiger partial charge in [-0.2, -0.15) is 0 Å². The van der Waals surface area contributed by atoms with E-state index in [-0.39, 0.29) is 0 Å². The molecular formula is C10H14ClN3O. The lowest BCUT2D eigenvalue weighted by atomic mass is 10.1. The molecule has 0 amide bonds. The van der Waals surface area contributed by atoms with Crippen LogP contribution in [0.1, 0.15) is 12.1 Å². The van der Waals surface area contributed by atoms with Crippen molar-refractivity contribution in [3.8, 4) is 0 Å². The predicted octanol–water partition coefficient (Wildman–Crippen LogP) is 1.26. The van der Waals surface area contributed by atoms with Gasteiger partial charge in [-0.05, 0) is 18.9 Å². The van der Waals surface area contributed by atoms with Crippen LogP contribution >= 0.6 is 11.6 Å². The van der Waals surface area contributed by atoms with Crippen LogP contribution in [0, 0.1) is 5.92 Å². The van der Waals surface area contributed by atoms with Gasteiger partial charge in [0.05, 0.1) is 13.2 Å². The Balaban J connectivity index is 1.75. The lowest BCUT2D eigenvalue weighted by molar-refractivity contribution is 0.0901. The number of nitrogens with zero attached hydrogens (tertiary/aromatic N) is 2. The first-order valence-electron chi connectivity index (χ1n) is 5.10. The van der Waals surface area contributed by atoms with E-state index in [0.717, 1.165) is 19.7 Å². The number of halogens is 1. The molecule has 1 aromatic rings. The van der Waals surface area contributed by atoms with E-state index in [1.165, 1.54) is 6.42 Å². The zero-order valence-electron chi connectivity index (χ0n) is 8.45. The van der Waals surface area contributed by atoms with Crippen LogP contribution in [0.2, 0.25) is 5.15 Å². The third-order valence-corrected chi connectivity index (χ3v) is 2.79. The SMILES string of the molecule is Clc1nccnc1COCC1CCNC1. The Bertz CT molecular complexity index is 315. The predicted molar refractivity (Wildman–Crippen MR) is 57.7 cm³/mol.